The van der Waals surface area contributed by atoms with Gasteiger partial charge in [0.2, 0.25) is 0 Å². The van der Waals surface area contributed by atoms with E-state index in [1.807, 2.05) is 0 Å². The van der Waals surface area contributed by atoms with E-state index in [0.29, 0.717) is 27.3 Å². The topological polar surface area (TPSA) is 87.5 Å². The second-order valence-corrected chi connectivity index (χ2v) is 5.74. The lowest BCUT2D eigenvalue weighted by molar-refractivity contribution is -0.117. The van der Waals surface area contributed by atoms with Gasteiger partial charge in [0.1, 0.15) is 22.1 Å². The molecule has 0 aliphatic rings. The average Bonchev–Trinajstić information content (AvgIpc) is 2.80. The molecule has 0 spiro atoms. The molecule has 22 heavy (non-hydrogen) atoms. The summed E-state index contributed by atoms with van der Waals surface area (Å²) in [6.07, 6.45) is 1.32. The molecule has 0 aliphatic carbocycles. The van der Waals surface area contributed by atoms with E-state index in [0.717, 1.165) is 11.3 Å². The van der Waals surface area contributed by atoms with Gasteiger partial charge < -0.3 is 9.47 Å². The van der Waals surface area contributed by atoms with Crippen molar-refractivity contribution >= 4 is 33.3 Å². The lowest BCUT2D eigenvalue weighted by Gasteiger charge is -2.03. The molecule has 0 aliphatic heterocycles. The Bertz CT molecular complexity index is 777. The summed E-state index contributed by atoms with van der Waals surface area (Å²) in [6.45, 7) is 3.48. The van der Waals surface area contributed by atoms with E-state index in [1.165, 1.54) is 24.9 Å². The maximum Gasteiger partial charge on any atom is 0.348 e. The van der Waals surface area contributed by atoms with Crippen molar-refractivity contribution in [1.29, 1.82) is 0 Å². The summed E-state index contributed by atoms with van der Waals surface area (Å²) < 4.78 is 11.1. The fourth-order valence-corrected chi connectivity index (χ4v) is 3.02. The molecule has 0 bridgehead atoms. The number of carbonyl (C=O) groups is 2. The highest BCUT2D eigenvalue weighted by molar-refractivity contribution is 7.20. The van der Waals surface area contributed by atoms with Crippen molar-refractivity contribution in [2.24, 2.45) is 0 Å². The van der Waals surface area contributed by atoms with Crippen molar-refractivity contribution in [3.8, 4) is 0 Å². The van der Waals surface area contributed by atoms with Crippen LogP contribution in [-0.2, 0) is 20.8 Å². The molecule has 0 fully saturated rings. The normalized spacial score (nSPS) is 10.9. The summed E-state index contributed by atoms with van der Waals surface area (Å²) in [7, 11) is 1.51. The van der Waals surface area contributed by atoms with Crippen LogP contribution in [0.4, 0.5) is 0 Å². The van der Waals surface area contributed by atoms with Crippen LogP contribution in [-0.4, -0.2) is 41.6 Å². The Hall–Kier alpha value is -2.06. The molecule has 0 N–H and O–H groups in total. The summed E-state index contributed by atoms with van der Waals surface area (Å²) in [4.78, 5) is 40.5. The molecular formula is C14H16N2O5S. The van der Waals surface area contributed by atoms with E-state index in [1.54, 1.807) is 6.92 Å². The summed E-state index contributed by atoms with van der Waals surface area (Å²) in [5, 5.41) is 0.354. The predicted molar refractivity (Wildman–Crippen MR) is 81.5 cm³/mol. The fraction of sp³-hybridized carbons (Fsp3) is 0.429. The van der Waals surface area contributed by atoms with E-state index in [9.17, 15) is 14.4 Å². The minimum atomic E-state index is -0.505. The number of ether oxygens (including phenoxy) is 2. The molecule has 0 amide bonds. The standard InChI is InChI=1S/C14H16N2O5S/c1-8(17)6-16-7-15-12-10(13(16)18)9(2)11(22-12)14(19)21-5-4-20-3/h7H,4-6H2,1-3H3. The third-order valence-electron chi connectivity index (χ3n) is 3.02. The van der Waals surface area contributed by atoms with E-state index in [4.69, 9.17) is 9.47 Å². The quantitative estimate of drug-likeness (QED) is 0.585. The number of carbonyl (C=O) groups excluding carboxylic acids is 2. The van der Waals surface area contributed by atoms with E-state index >= 15 is 0 Å². The lowest BCUT2D eigenvalue weighted by atomic mass is 10.2. The van der Waals surface area contributed by atoms with Crippen molar-refractivity contribution in [2.45, 2.75) is 20.4 Å². The number of aromatic nitrogens is 2. The summed E-state index contributed by atoms with van der Waals surface area (Å²) in [5.74, 6) is -0.648. The second kappa shape index (κ2) is 6.80. The van der Waals surface area contributed by atoms with E-state index in [2.05, 4.69) is 4.98 Å². The van der Waals surface area contributed by atoms with Gasteiger partial charge in [0.15, 0.2) is 0 Å². The maximum atomic E-state index is 12.4. The van der Waals surface area contributed by atoms with Crippen LogP contribution in [0.15, 0.2) is 11.1 Å². The number of rotatable bonds is 6. The Morgan fingerprint density at radius 1 is 1.36 bits per heavy atom. The van der Waals surface area contributed by atoms with Crippen LogP contribution in [0.2, 0.25) is 0 Å². The van der Waals surface area contributed by atoms with Crippen molar-refractivity contribution in [3.05, 3.63) is 27.1 Å². The van der Waals surface area contributed by atoms with Gasteiger partial charge in [0.25, 0.3) is 5.56 Å². The molecule has 2 aromatic heterocycles. The number of nitrogens with zero attached hydrogens (tertiary/aromatic N) is 2. The van der Waals surface area contributed by atoms with Gasteiger partial charge >= 0.3 is 5.97 Å². The molecule has 2 rings (SSSR count). The number of fused-ring (bicyclic) bond motifs is 1. The number of esters is 1. The van der Waals surface area contributed by atoms with Gasteiger partial charge in [-0.3, -0.25) is 14.2 Å². The van der Waals surface area contributed by atoms with Crippen LogP contribution in [0.25, 0.3) is 10.2 Å². The zero-order valence-electron chi connectivity index (χ0n) is 12.5. The number of thiophene rings is 1. The molecule has 118 valence electrons. The maximum absolute atomic E-state index is 12.4. The van der Waals surface area contributed by atoms with Crippen LogP contribution in [0.1, 0.15) is 22.2 Å². The van der Waals surface area contributed by atoms with Crippen LogP contribution in [0.5, 0.6) is 0 Å². The Morgan fingerprint density at radius 2 is 2.09 bits per heavy atom. The molecule has 0 aromatic carbocycles. The molecule has 0 unspecified atom stereocenters. The number of Topliss-reactive ketones (excluding diaryl/α,β-unsaturated/α-hetero) is 1. The first-order chi connectivity index (χ1) is 10.5. The summed E-state index contributed by atoms with van der Waals surface area (Å²) >= 11 is 1.11. The van der Waals surface area contributed by atoms with Gasteiger partial charge in [0, 0.05) is 7.11 Å². The van der Waals surface area contributed by atoms with E-state index < -0.39 is 5.97 Å². The first-order valence-corrected chi connectivity index (χ1v) is 7.41. The Balaban J connectivity index is 2.41. The third-order valence-corrected chi connectivity index (χ3v) is 4.20. The monoisotopic (exact) mass is 324 g/mol. The molecule has 2 heterocycles. The molecule has 7 nitrogen and oxygen atoms in total. The average molecular weight is 324 g/mol. The summed E-state index contributed by atoms with van der Waals surface area (Å²) in [6, 6.07) is 0. The Labute approximate surface area is 130 Å². The van der Waals surface area contributed by atoms with Crippen molar-refractivity contribution in [1.82, 2.24) is 9.55 Å². The molecule has 0 atom stereocenters. The SMILES string of the molecule is COCCOC(=O)c1sc2ncn(CC(C)=O)c(=O)c2c1C. The van der Waals surface area contributed by atoms with Gasteiger partial charge in [-0.25, -0.2) is 9.78 Å². The first kappa shape index (κ1) is 16.3. The van der Waals surface area contributed by atoms with Crippen molar-refractivity contribution in [3.63, 3.8) is 0 Å². The molecule has 0 saturated heterocycles. The molecule has 2 aromatic rings. The van der Waals surface area contributed by atoms with Gasteiger partial charge in [-0.15, -0.1) is 11.3 Å². The number of methoxy groups -OCH3 is 1. The molecule has 8 heteroatoms. The van der Waals surface area contributed by atoms with E-state index in [-0.39, 0.29) is 24.5 Å². The highest BCUT2D eigenvalue weighted by atomic mass is 32.1. The second-order valence-electron chi connectivity index (χ2n) is 4.74. The van der Waals surface area contributed by atoms with Gasteiger partial charge in [-0.2, -0.15) is 0 Å². The van der Waals surface area contributed by atoms with Crippen LogP contribution in [0.3, 0.4) is 0 Å². The zero-order chi connectivity index (χ0) is 16.3. The molecule has 0 radical (unpaired) electrons. The smallest absolute Gasteiger partial charge is 0.348 e. The number of ketones is 1. The minimum Gasteiger partial charge on any atom is -0.459 e. The minimum absolute atomic E-state index is 0.0370. The Morgan fingerprint density at radius 3 is 2.73 bits per heavy atom. The van der Waals surface area contributed by atoms with Gasteiger partial charge in [0.05, 0.1) is 24.9 Å². The van der Waals surface area contributed by atoms with Crippen LogP contribution in [0, 0.1) is 6.92 Å². The van der Waals surface area contributed by atoms with Crippen LogP contribution < -0.4 is 5.56 Å². The fourth-order valence-electron chi connectivity index (χ4n) is 1.99. The first-order valence-electron chi connectivity index (χ1n) is 6.59. The largest absolute Gasteiger partial charge is 0.459 e. The van der Waals surface area contributed by atoms with Crippen LogP contribution >= 0.6 is 11.3 Å². The Kier molecular flexibility index (Phi) is 5.04. The molecule has 0 saturated carbocycles. The molecular weight excluding hydrogens is 308 g/mol. The highest BCUT2D eigenvalue weighted by Gasteiger charge is 2.20. The van der Waals surface area contributed by atoms with Crippen molar-refractivity contribution in [2.75, 3.05) is 20.3 Å². The van der Waals surface area contributed by atoms with Gasteiger partial charge in [-0.1, -0.05) is 0 Å². The summed E-state index contributed by atoms with van der Waals surface area (Å²) in [5.41, 5.74) is 0.197. The third kappa shape index (κ3) is 3.23. The number of hydrogen-bond donors (Lipinski definition) is 0. The lowest BCUT2D eigenvalue weighted by Crippen LogP contribution is -2.23. The number of aryl methyl sites for hydroxylation is 1. The van der Waals surface area contributed by atoms with Crippen molar-refractivity contribution < 1.29 is 19.1 Å². The zero-order valence-corrected chi connectivity index (χ0v) is 13.4. The highest BCUT2D eigenvalue weighted by Crippen LogP contribution is 2.27. The number of hydrogen-bond acceptors (Lipinski definition) is 7. The van der Waals surface area contributed by atoms with Gasteiger partial charge in [-0.05, 0) is 19.4 Å². The predicted octanol–water partition coefficient (Wildman–Crippen LogP) is 1.16.